The van der Waals surface area contributed by atoms with E-state index in [2.05, 4.69) is 15.7 Å². The number of fused-ring (bicyclic) bond motifs is 1. The average Bonchev–Trinajstić information content (AvgIpc) is 3.94. The summed E-state index contributed by atoms with van der Waals surface area (Å²) < 4.78 is 73.5. The fourth-order valence-corrected chi connectivity index (χ4v) is 5.91. The van der Waals surface area contributed by atoms with Gasteiger partial charge in [0.05, 0.1) is 43.2 Å². The highest BCUT2D eigenvalue weighted by Gasteiger charge is 2.40. The van der Waals surface area contributed by atoms with Gasteiger partial charge in [0, 0.05) is 24.8 Å². The quantitative estimate of drug-likeness (QED) is 0.216. The van der Waals surface area contributed by atoms with E-state index in [1.54, 1.807) is 42.7 Å². The van der Waals surface area contributed by atoms with Gasteiger partial charge >= 0.3 is 6.18 Å². The maximum Gasteiger partial charge on any atom is 0.389 e. The molecular formula is C32H36F5N5O3. The van der Waals surface area contributed by atoms with Crippen molar-refractivity contribution in [2.45, 2.75) is 88.4 Å². The van der Waals surface area contributed by atoms with Crippen LogP contribution in [0, 0.1) is 17.8 Å². The zero-order chi connectivity index (χ0) is 31.8. The van der Waals surface area contributed by atoms with Gasteiger partial charge in [0.25, 0.3) is 5.91 Å². The number of carbonyl (C=O) groups excluding carboxylic acids is 2. The monoisotopic (exact) mass is 633 g/mol. The molecule has 0 unspecified atom stereocenters. The molecule has 45 heavy (non-hydrogen) atoms. The predicted octanol–water partition coefficient (Wildman–Crippen LogP) is 6.72. The highest BCUT2D eigenvalue weighted by molar-refractivity contribution is 5.94. The molecule has 0 bridgehead atoms. The Morgan fingerprint density at radius 2 is 1.73 bits per heavy atom. The largest absolute Gasteiger partial charge is 0.493 e. The molecule has 0 aliphatic heterocycles. The summed E-state index contributed by atoms with van der Waals surface area (Å²) in [5, 5.41) is 10.2. The molecule has 3 fully saturated rings. The molecule has 8 nitrogen and oxygen atoms in total. The lowest BCUT2D eigenvalue weighted by Crippen LogP contribution is -2.37. The fourth-order valence-electron chi connectivity index (χ4n) is 5.91. The van der Waals surface area contributed by atoms with Crippen LogP contribution in [0.3, 0.4) is 0 Å². The van der Waals surface area contributed by atoms with E-state index in [9.17, 15) is 31.5 Å². The van der Waals surface area contributed by atoms with E-state index in [1.807, 2.05) is 0 Å². The molecule has 3 aliphatic carbocycles. The molecule has 13 heteroatoms. The van der Waals surface area contributed by atoms with Gasteiger partial charge in [-0.05, 0) is 86.1 Å². The molecule has 2 atom stereocenters. The molecule has 0 spiro atoms. The summed E-state index contributed by atoms with van der Waals surface area (Å²) in [7, 11) is 0. The number of amides is 2. The summed E-state index contributed by atoms with van der Waals surface area (Å²) >= 11 is 0. The Labute approximate surface area is 257 Å². The zero-order valence-corrected chi connectivity index (χ0v) is 24.7. The van der Waals surface area contributed by atoms with Crippen molar-refractivity contribution in [2.24, 2.45) is 17.8 Å². The number of aromatic nitrogens is 3. The van der Waals surface area contributed by atoms with Gasteiger partial charge in [-0.1, -0.05) is 6.07 Å². The van der Waals surface area contributed by atoms with Crippen LogP contribution in [-0.2, 0) is 4.79 Å². The number of ether oxygens (including phenoxy) is 1. The van der Waals surface area contributed by atoms with Crippen LogP contribution in [-0.4, -0.2) is 45.1 Å². The SMILES string of the molecule is O=C(CCC(F)(F)F)N[C@@H](c1cnn2cc([C@@H](NC(=O)c3cccc(OCC4CC4)c3)C3CCC(F)(F)CC3)nc2c1)C1CC1. The van der Waals surface area contributed by atoms with Gasteiger partial charge in [-0.2, -0.15) is 18.3 Å². The minimum absolute atomic E-state index is 0.0819. The van der Waals surface area contributed by atoms with E-state index in [1.165, 1.54) is 4.52 Å². The number of benzene rings is 1. The number of rotatable bonds is 12. The maximum atomic E-state index is 14.1. The summed E-state index contributed by atoms with van der Waals surface area (Å²) in [6, 6.07) is 7.41. The normalized spacial score (nSPS) is 20.0. The van der Waals surface area contributed by atoms with Crippen LogP contribution in [0.25, 0.3) is 5.65 Å². The molecule has 3 aromatic rings. The van der Waals surface area contributed by atoms with Crippen LogP contribution in [0.5, 0.6) is 5.75 Å². The third kappa shape index (κ3) is 8.29. The Morgan fingerprint density at radius 1 is 1.00 bits per heavy atom. The van der Waals surface area contributed by atoms with E-state index in [-0.39, 0.29) is 43.4 Å². The van der Waals surface area contributed by atoms with Crippen LogP contribution in [0.15, 0.2) is 42.7 Å². The van der Waals surface area contributed by atoms with Gasteiger partial charge in [-0.25, -0.2) is 18.3 Å². The fraction of sp³-hybridized carbons (Fsp3) is 0.562. The van der Waals surface area contributed by atoms with Crippen LogP contribution < -0.4 is 15.4 Å². The molecule has 3 aliphatic rings. The second kappa shape index (κ2) is 12.6. The Kier molecular flexibility index (Phi) is 8.71. The van der Waals surface area contributed by atoms with Crippen LogP contribution in [0.1, 0.15) is 97.9 Å². The number of nitrogens with one attached hydrogen (secondary N) is 2. The molecule has 242 valence electrons. The second-order valence-corrected chi connectivity index (χ2v) is 12.7. The van der Waals surface area contributed by atoms with Gasteiger partial charge in [0.2, 0.25) is 11.8 Å². The van der Waals surface area contributed by atoms with Gasteiger partial charge in [0.1, 0.15) is 5.75 Å². The van der Waals surface area contributed by atoms with Crippen molar-refractivity contribution >= 4 is 17.5 Å². The van der Waals surface area contributed by atoms with E-state index >= 15 is 0 Å². The Hall–Kier alpha value is -3.77. The molecular weight excluding hydrogens is 597 g/mol. The molecule has 2 aromatic heterocycles. The predicted molar refractivity (Wildman–Crippen MR) is 154 cm³/mol. The van der Waals surface area contributed by atoms with Crippen molar-refractivity contribution in [3.05, 3.63) is 59.5 Å². The molecule has 0 saturated heterocycles. The number of imidazole rings is 1. The molecule has 1 aromatic carbocycles. The first kappa shape index (κ1) is 31.2. The van der Waals surface area contributed by atoms with Crippen LogP contribution in [0.2, 0.25) is 0 Å². The number of nitrogens with zero attached hydrogens (tertiary/aromatic N) is 3. The summed E-state index contributed by atoms with van der Waals surface area (Å²) in [5.41, 5.74) is 1.87. The first-order valence-corrected chi connectivity index (χ1v) is 15.6. The smallest absolute Gasteiger partial charge is 0.389 e. The third-order valence-electron chi connectivity index (χ3n) is 8.88. The summed E-state index contributed by atoms with van der Waals surface area (Å²) in [5.74, 6) is -2.90. The summed E-state index contributed by atoms with van der Waals surface area (Å²) in [4.78, 5) is 30.6. The standard InChI is InChI=1S/C32H36F5N5O3/c33-31(34)11-8-21(9-12-31)29(41-30(44)22-2-1-3-24(14-22)45-18-19-4-5-19)25-17-42-26(39-25)15-23(16-38-42)28(20-6-7-20)40-27(43)10-13-32(35,36)37/h1-3,14-17,19-21,28-29H,4-13,18H2,(H,40,43)(H,41,44)/t28-,29+/m1/s1. The van der Waals surface area contributed by atoms with Crippen molar-refractivity contribution in [3.8, 4) is 5.75 Å². The molecule has 0 radical (unpaired) electrons. The first-order valence-electron chi connectivity index (χ1n) is 15.6. The van der Waals surface area contributed by atoms with Crippen molar-refractivity contribution in [1.82, 2.24) is 25.2 Å². The Morgan fingerprint density at radius 3 is 2.42 bits per heavy atom. The van der Waals surface area contributed by atoms with Crippen LogP contribution in [0.4, 0.5) is 22.0 Å². The number of hydrogen-bond acceptors (Lipinski definition) is 5. The molecule has 3 saturated carbocycles. The summed E-state index contributed by atoms with van der Waals surface area (Å²) in [6.45, 7) is 0.596. The maximum absolute atomic E-state index is 14.1. The second-order valence-electron chi connectivity index (χ2n) is 12.7. The molecule has 2 heterocycles. The number of alkyl halides is 5. The zero-order valence-electron chi connectivity index (χ0n) is 24.7. The lowest BCUT2D eigenvalue weighted by Gasteiger charge is -2.33. The topological polar surface area (TPSA) is 97.6 Å². The van der Waals surface area contributed by atoms with Gasteiger partial charge < -0.3 is 15.4 Å². The van der Waals surface area contributed by atoms with Crippen molar-refractivity contribution in [3.63, 3.8) is 0 Å². The van der Waals surface area contributed by atoms with Crippen molar-refractivity contribution in [1.29, 1.82) is 0 Å². The molecule has 6 rings (SSSR count). The number of carbonyl (C=O) groups is 2. The van der Waals surface area contributed by atoms with Gasteiger partial charge in [-0.3, -0.25) is 9.59 Å². The lowest BCUT2D eigenvalue weighted by atomic mass is 9.81. The number of halogens is 5. The van der Waals surface area contributed by atoms with Crippen LogP contribution >= 0.6 is 0 Å². The Bertz CT molecular complexity index is 1520. The first-order chi connectivity index (χ1) is 21.4. The van der Waals surface area contributed by atoms with Crippen molar-refractivity contribution in [2.75, 3.05) is 6.61 Å². The third-order valence-corrected chi connectivity index (χ3v) is 8.88. The average molecular weight is 634 g/mol. The van der Waals surface area contributed by atoms with E-state index in [0.717, 1.165) is 25.7 Å². The minimum atomic E-state index is -4.42. The van der Waals surface area contributed by atoms with Gasteiger partial charge in [-0.15, -0.1) is 0 Å². The summed E-state index contributed by atoms with van der Waals surface area (Å²) in [6.07, 6.45) is 0.645. The lowest BCUT2D eigenvalue weighted by molar-refractivity contribution is -0.144. The van der Waals surface area contributed by atoms with E-state index in [0.29, 0.717) is 40.7 Å². The minimum Gasteiger partial charge on any atom is -0.493 e. The highest BCUT2D eigenvalue weighted by atomic mass is 19.4. The highest BCUT2D eigenvalue weighted by Crippen LogP contribution is 2.43. The molecule has 2 amide bonds. The van der Waals surface area contributed by atoms with E-state index in [4.69, 9.17) is 9.72 Å². The van der Waals surface area contributed by atoms with Crippen molar-refractivity contribution < 1.29 is 36.3 Å². The molecule has 2 N–H and O–H groups in total. The number of hydrogen-bond donors (Lipinski definition) is 2. The Balaban J connectivity index is 1.22. The van der Waals surface area contributed by atoms with E-state index < -0.39 is 42.9 Å². The van der Waals surface area contributed by atoms with Gasteiger partial charge in [0.15, 0.2) is 5.65 Å².